The van der Waals surface area contributed by atoms with Crippen LogP contribution >= 0.6 is 0 Å². The lowest BCUT2D eigenvalue weighted by atomic mass is 10.1. The van der Waals surface area contributed by atoms with Crippen LogP contribution in [-0.2, 0) is 61.4 Å². The number of nitrogens with zero attached hydrogens (tertiary/aromatic N) is 6. The topological polar surface area (TPSA) is 421 Å². The minimum atomic E-state index is -4.36. The Labute approximate surface area is 534 Å². The smallest absolute Gasteiger partial charge is 0.323 e. The molecule has 1 aliphatic heterocycles. The number of aliphatic carboxylic acids is 2. The normalized spacial score (nSPS) is 14.7. The molecule has 4 aromatic rings. The molecule has 1 aliphatic rings. The van der Waals surface area contributed by atoms with E-state index in [0.29, 0.717) is 127 Å². The van der Waals surface area contributed by atoms with Crippen molar-refractivity contribution in [3.63, 3.8) is 0 Å². The van der Waals surface area contributed by atoms with E-state index < -0.39 is 70.0 Å². The summed E-state index contributed by atoms with van der Waals surface area (Å²) in [5, 5.41) is 58.1. The fourth-order valence-corrected chi connectivity index (χ4v) is 12.0. The maximum atomic E-state index is 13.9. The van der Waals surface area contributed by atoms with E-state index in [4.69, 9.17) is 4.74 Å². The molecule has 1 fully saturated rings. The number of hydrogen-bond donors (Lipinski definition) is 13. The number of nitrogens with one attached hydrogen (secondary N) is 9. The minimum absolute atomic E-state index is 0.0394. The number of β-amino-alcohol motifs (C(OH)–C–C–N with tert-alkyl or cyclic N) is 2. The molecule has 1 saturated heterocycles. The number of amides is 6. The molecule has 13 N–H and O–H groups in total. The number of carboxylic acid groups (broad SMARTS) is 2. The van der Waals surface area contributed by atoms with Crippen molar-refractivity contribution < 1.29 is 71.9 Å². The molecule has 32 heteroatoms. The number of carbonyl (C=O) groups excluding carboxylic acids is 6. The lowest BCUT2D eigenvalue weighted by Gasteiger charge is -2.33. The van der Waals surface area contributed by atoms with Gasteiger partial charge in [-0.2, -0.15) is 4.72 Å². The van der Waals surface area contributed by atoms with Crippen LogP contribution in [0.1, 0.15) is 77.6 Å². The van der Waals surface area contributed by atoms with E-state index in [1.165, 1.54) is 13.2 Å². The number of aliphatic hydroxyl groups excluding tert-OH is 1. The van der Waals surface area contributed by atoms with Gasteiger partial charge in [0.25, 0.3) is 5.91 Å². The summed E-state index contributed by atoms with van der Waals surface area (Å²) >= 11 is 0. The fraction of sp³-hybridized carbons (Fsp3) is 0.567. The maximum absolute atomic E-state index is 13.9. The monoisotopic (exact) mass is 1310 g/mol. The Morgan fingerprint density at radius 2 is 1.32 bits per heavy atom. The summed E-state index contributed by atoms with van der Waals surface area (Å²) in [5.41, 5.74) is 1.90. The first-order valence-electron chi connectivity index (χ1n) is 30.6. The summed E-state index contributed by atoms with van der Waals surface area (Å²) in [4.78, 5) is 130. The molecule has 31 nitrogen and oxygen atoms in total. The van der Waals surface area contributed by atoms with Crippen LogP contribution in [0.25, 0.3) is 10.9 Å². The van der Waals surface area contributed by atoms with Gasteiger partial charge in [-0.3, -0.25) is 57.9 Å². The highest BCUT2D eigenvalue weighted by molar-refractivity contribution is 7.89. The third kappa shape index (κ3) is 26.0. The number of sulfonamides is 1. The molecule has 2 aromatic carbocycles. The first kappa shape index (κ1) is 74.8. The number of H-pyrrole nitrogens is 1. The minimum Gasteiger partial charge on any atom is -0.480 e. The molecule has 2 atom stereocenters. The van der Waals surface area contributed by atoms with Crippen LogP contribution in [0.2, 0.25) is 0 Å². The number of likely N-dealkylation sites (N-methyl/N-ethyl adjacent to an activating group) is 2. The summed E-state index contributed by atoms with van der Waals surface area (Å²) in [7, 11) is -1.03. The lowest BCUT2D eigenvalue weighted by molar-refractivity contribution is -0.139. The summed E-state index contributed by atoms with van der Waals surface area (Å²) in [5.74, 6) is -4.86. The van der Waals surface area contributed by atoms with Crippen LogP contribution in [0.15, 0.2) is 58.6 Å². The number of anilines is 1. The zero-order valence-corrected chi connectivity index (χ0v) is 53.8. The Morgan fingerprint density at radius 1 is 0.728 bits per heavy atom. The molecule has 0 saturated carbocycles. The molecular formula is C60H91N15O16S. The number of imidazole rings is 1. The number of rotatable bonds is 36. The number of carboxylic acids is 2. The summed E-state index contributed by atoms with van der Waals surface area (Å²) in [6.07, 6.45) is 4.08. The number of ether oxygens (including phenoxy) is 1. The van der Waals surface area contributed by atoms with Gasteiger partial charge in [0.05, 0.1) is 23.5 Å². The molecule has 0 spiro atoms. The number of carbonyl (C=O) groups is 8. The maximum Gasteiger partial charge on any atom is 0.323 e. The summed E-state index contributed by atoms with van der Waals surface area (Å²) in [6, 6.07) is 5.58. The van der Waals surface area contributed by atoms with Gasteiger partial charge in [-0.15, -0.1) is 0 Å². The van der Waals surface area contributed by atoms with Gasteiger partial charge in [0.2, 0.25) is 45.0 Å². The Hall–Kier alpha value is -7.95. The Morgan fingerprint density at radius 3 is 1.89 bits per heavy atom. The lowest BCUT2D eigenvalue weighted by Crippen LogP contribution is -2.51. The van der Waals surface area contributed by atoms with Crippen LogP contribution in [0.5, 0.6) is 0 Å². The second kappa shape index (κ2) is 38.2. The van der Waals surface area contributed by atoms with Gasteiger partial charge in [0.15, 0.2) is 12.2 Å². The number of hydrogen-bond acceptors (Lipinski definition) is 20. The molecule has 92 heavy (non-hydrogen) atoms. The molecular weight excluding hydrogens is 1220 g/mol. The molecule has 6 amide bonds. The molecule has 3 heterocycles. The van der Waals surface area contributed by atoms with Gasteiger partial charge in [-0.1, -0.05) is 23.8 Å². The van der Waals surface area contributed by atoms with E-state index in [-0.39, 0.29) is 92.0 Å². The highest BCUT2D eigenvalue weighted by Crippen LogP contribution is 2.22. The van der Waals surface area contributed by atoms with Gasteiger partial charge in [0, 0.05) is 162 Å². The zero-order chi connectivity index (χ0) is 67.3. The molecule has 508 valence electrons. The quantitative estimate of drug-likeness (QED) is 0.0173. The predicted molar refractivity (Wildman–Crippen MR) is 340 cm³/mol. The van der Waals surface area contributed by atoms with E-state index in [9.17, 15) is 72.0 Å². The summed E-state index contributed by atoms with van der Waals surface area (Å²) in [6.45, 7) is 9.53. The Kier molecular flexibility index (Phi) is 31.0. The van der Waals surface area contributed by atoms with Gasteiger partial charge in [-0.05, 0) is 82.3 Å². The van der Waals surface area contributed by atoms with Crippen LogP contribution in [0.3, 0.4) is 0 Å². The first-order valence-corrected chi connectivity index (χ1v) is 32.1. The highest BCUT2D eigenvalue weighted by atomic mass is 32.2. The first-order chi connectivity index (χ1) is 43.8. The average Bonchev–Trinajstić information content (AvgIpc) is 0.835. The Balaban J connectivity index is 0.997. The van der Waals surface area contributed by atoms with Crippen LogP contribution in [0, 0.1) is 20.8 Å². The number of aliphatic hydroxyl groups is 2. The van der Waals surface area contributed by atoms with Crippen molar-refractivity contribution >= 4 is 74.3 Å². The number of pyridine rings is 1. The van der Waals surface area contributed by atoms with E-state index in [0.717, 1.165) is 11.1 Å². The van der Waals surface area contributed by atoms with Crippen LogP contribution in [-0.4, -0.2) is 254 Å². The van der Waals surface area contributed by atoms with Crippen molar-refractivity contribution in [1.29, 1.82) is 0 Å². The third-order valence-electron chi connectivity index (χ3n) is 15.1. The van der Waals surface area contributed by atoms with E-state index in [1.54, 1.807) is 77.9 Å². The largest absolute Gasteiger partial charge is 0.480 e. The summed E-state index contributed by atoms with van der Waals surface area (Å²) < 4.78 is 36.4. The molecule has 0 bridgehead atoms. The molecule has 2 unspecified atom stereocenters. The SMILES string of the molecule is CNC(=O)C(CCC(=O)NCCCOCCCNC(=O)CCC(=O)NCCCn1cc(C(=O)NCC(NS(=O)(=O)c2c(C)cc(C)cc2C)C(=O)O)c(=O)c2ccc(CNc3ncc[nH]3)cc21)NC(=O)CN1CCN(C)CCN(CC(=O)O)CCN(CC(O)O)CC1. The Bertz CT molecular complexity index is 3270. The molecule has 2 aromatic heterocycles. The third-order valence-corrected chi connectivity index (χ3v) is 16.9. The number of fused-ring (bicyclic) bond motifs is 1. The van der Waals surface area contributed by atoms with Crippen molar-refractivity contribution in [2.75, 3.05) is 131 Å². The molecule has 0 radical (unpaired) electrons. The van der Waals surface area contributed by atoms with Gasteiger partial charge in [0.1, 0.15) is 17.6 Å². The highest BCUT2D eigenvalue weighted by Gasteiger charge is 2.30. The molecule has 5 rings (SSSR count). The van der Waals surface area contributed by atoms with E-state index in [2.05, 4.69) is 51.9 Å². The van der Waals surface area contributed by atoms with Crippen molar-refractivity contribution in [1.82, 2.24) is 70.8 Å². The fourth-order valence-electron chi connectivity index (χ4n) is 10.3. The van der Waals surface area contributed by atoms with Crippen LogP contribution in [0.4, 0.5) is 5.95 Å². The zero-order valence-electron chi connectivity index (χ0n) is 53.0. The van der Waals surface area contributed by atoms with Gasteiger partial charge < -0.3 is 76.8 Å². The second-order valence-electron chi connectivity index (χ2n) is 22.7. The standard InChI is InChI=1S/C60H91N15O16S/c1-40-31-41(2)56(42(3)32-40)92(89,90)70-47(59(87)88)35-67-57(85)45-36-75(48-33-43(9-10-44(48)55(45)84)34-68-60-65-18-19-66-60)20-6-15-62-50(77)13-14-51(78)64-17-8-30-91-29-7-16-63-49(76)12-11-46(58(86)61-4)69-52(79)37-72-23-21-71(5)22-24-73(38-53(80)81)27-28-74(26-25-72)39-54(82)83/h9-10,18-19,31-33,36,46-47,54,70,82-83H,6-8,11-17,20-30,34-35,37-39H2,1-5H3,(H,61,86)(H,62,77)(H,63,76)(H,64,78)(H,67,85)(H,69,79)(H,80,81)(H,87,88)(H2,65,66,68). The van der Waals surface area contributed by atoms with E-state index in [1.807, 2.05) is 16.8 Å². The van der Waals surface area contributed by atoms with Crippen LogP contribution < -0.4 is 47.4 Å². The van der Waals surface area contributed by atoms with Gasteiger partial charge in [-0.25, -0.2) is 13.4 Å². The van der Waals surface area contributed by atoms with Crippen molar-refractivity contribution in [3.05, 3.63) is 87.0 Å². The van der Waals surface area contributed by atoms with E-state index >= 15 is 0 Å². The molecule has 0 aliphatic carbocycles. The van der Waals surface area contributed by atoms with Crippen molar-refractivity contribution in [2.45, 2.75) is 102 Å². The second-order valence-corrected chi connectivity index (χ2v) is 24.3. The predicted octanol–water partition coefficient (Wildman–Crippen LogP) is -2.00. The number of aryl methyl sites for hydroxylation is 4. The number of aromatic amines is 1. The number of benzene rings is 2. The van der Waals surface area contributed by atoms with Crippen molar-refractivity contribution in [3.8, 4) is 0 Å². The van der Waals surface area contributed by atoms with Crippen molar-refractivity contribution in [2.24, 2.45) is 0 Å². The van der Waals surface area contributed by atoms with Gasteiger partial charge >= 0.3 is 11.9 Å². The average molecular weight is 1310 g/mol. The number of aromatic nitrogens is 3.